The number of amides is 1. The molecule has 1 saturated heterocycles. The quantitative estimate of drug-likeness (QED) is 0.876. The monoisotopic (exact) mass is 286 g/mol. The van der Waals surface area contributed by atoms with Gasteiger partial charge in [0.05, 0.1) is 5.69 Å². The van der Waals surface area contributed by atoms with Crippen LogP contribution in [0.3, 0.4) is 0 Å². The number of hydrogen-bond donors (Lipinski definition) is 2. The van der Waals surface area contributed by atoms with E-state index in [1.54, 1.807) is 11.7 Å². The first-order valence-electron chi connectivity index (χ1n) is 6.66. The van der Waals surface area contributed by atoms with E-state index in [2.05, 4.69) is 15.7 Å². The Bertz CT molecular complexity index is 413. The lowest BCUT2D eigenvalue weighted by Gasteiger charge is -2.22. The predicted molar refractivity (Wildman–Crippen MR) is 77.7 cm³/mol. The van der Waals surface area contributed by atoms with Gasteiger partial charge in [-0.15, -0.1) is 12.4 Å². The highest BCUT2D eigenvalue weighted by Gasteiger charge is 2.14. The molecule has 1 aliphatic heterocycles. The molecule has 108 valence electrons. The van der Waals surface area contributed by atoms with Crippen molar-refractivity contribution in [1.82, 2.24) is 20.4 Å². The second kappa shape index (κ2) is 7.50. The number of rotatable bonds is 4. The van der Waals surface area contributed by atoms with Crippen molar-refractivity contribution in [3.63, 3.8) is 0 Å². The van der Waals surface area contributed by atoms with Crippen molar-refractivity contribution in [3.05, 3.63) is 17.5 Å². The van der Waals surface area contributed by atoms with Crippen LogP contribution in [0.25, 0.3) is 0 Å². The number of aryl methyl sites for hydroxylation is 2. The van der Waals surface area contributed by atoms with Gasteiger partial charge in [-0.2, -0.15) is 5.10 Å². The molecular weight excluding hydrogens is 264 g/mol. The average molecular weight is 287 g/mol. The normalized spacial score (nSPS) is 18.7. The van der Waals surface area contributed by atoms with Crippen molar-refractivity contribution < 1.29 is 4.79 Å². The van der Waals surface area contributed by atoms with Gasteiger partial charge in [0.1, 0.15) is 5.69 Å². The van der Waals surface area contributed by atoms with Crippen molar-refractivity contribution in [2.45, 2.75) is 26.2 Å². The summed E-state index contributed by atoms with van der Waals surface area (Å²) in [5.74, 6) is 0.675. The van der Waals surface area contributed by atoms with Crippen molar-refractivity contribution in [1.29, 1.82) is 0 Å². The van der Waals surface area contributed by atoms with Crippen LogP contribution in [-0.4, -0.2) is 35.3 Å². The molecule has 0 spiro atoms. The van der Waals surface area contributed by atoms with E-state index >= 15 is 0 Å². The number of nitrogens with zero attached hydrogens (tertiary/aromatic N) is 2. The molecule has 6 heteroatoms. The Hall–Kier alpha value is -1.07. The van der Waals surface area contributed by atoms with Crippen molar-refractivity contribution in [3.8, 4) is 0 Å². The van der Waals surface area contributed by atoms with E-state index in [4.69, 9.17) is 0 Å². The SMILES string of the molecule is Cc1cc(C(=O)NCCC2CCCNC2)n(C)n1.Cl. The largest absolute Gasteiger partial charge is 0.351 e. The standard InChI is InChI=1S/C13H22N4O.ClH/c1-10-8-12(17(2)16-10)13(18)15-7-5-11-4-3-6-14-9-11;/h8,11,14H,3-7,9H2,1-2H3,(H,15,18);1H. The zero-order valence-electron chi connectivity index (χ0n) is 11.6. The van der Waals surface area contributed by atoms with E-state index in [1.165, 1.54) is 12.8 Å². The molecule has 1 amide bonds. The minimum Gasteiger partial charge on any atom is -0.351 e. The molecule has 0 aromatic carbocycles. The van der Waals surface area contributed by atoms with Gasteiger partial charge in [0.15, 0.2) is 0 Å². The third-order valence-electron chi connectivity index (χ3n) is 3.47. The topological polar surface area (TPSA) is 59.0 Å². The van der Waals surface area contributed by atoms with Crippen LogP contribution in [0.15, 0.2) is 6.07 Å². The molecule has 19 heavy (non-hydrogen) atoms. The van der Waals surface area contributed by atoms with Crippen LogP contribution in [0.5, 0.6) is 0 Å². The van der Waals surface area contributed by atoms with Gasteiger partial charge in [-0.05, 0) is 51.3 Å². The molecule has 1 aromatic rings. The minimum atomic E-state index is -0.0260. The van der Waals surface area contributed by atoms with Gasteiger partial charge in [0.2, 0.25) is 0 Å². The molecule has 0 aliphatic carbocycles. The number of carbonyl (C=O) groups is 1. The lowest BCUT2D eigenvalue weighted by Crippen LogP contribution is -2.33. The highest BCUT2D eigenvalue weighted by Crippen LogP contribution is 2.13. The van der Waals surface area contributed by atoms with Gasteiger partial charge in [-0.25, -0.2) is 0 Å². The second-order valence-electron chi connectivity index (χ2n) is 5.05. The lowest BCUT2D eigenvalue weighted by atomic mass is 9.96. The Kier molecular flexibility index (Phi) is 6.31. The Labute approximate surface area is 120 Å². The first kappa shape index (κ1) is 16.0. The Balaban J connectivity index is 0.00000180. The van der Waals surface area contributed by atoms with Crippen LogP contribution in [-0.2, 0) is 7.05 Å². The second-order valence-corrected chi connectivity index (χ2v) is 5.05. The first-order valence-corrected chi connectivity index (χ1v) is 6.66. The van der Waals surface area contributed by atoms with E-state index in [1.807, 2.05) is 13.0 Å². The van der Waals surface area contributed by atoms with Gasteiger partial charge in [-0.1, -0.05) is 0 Å². The van der Waals surface area contributed by atoms with Crippen LogP contribution in [0.4, 0.5) is 0 Å². The van der Waals surface area contributed by atoms with Gasteiger partial charge >= 0.3 is 0 Å². The number of halogens is 1. The molecule has 0 bridgehead atoms. The van der Waals surface area contributed by atoms with Crippen molar-refractivity contribution in [2.75, 3.05) is 19.6 Å². The fourth-order valence-corrected chi connectivity index (χ4v) is 2.47. The summed E-state index contributed by atoms with van der Waals surface area (Å²) in [5.41, 5.74) is 1.51. The fourth-order valence-electron chi connectivity index (χ4n) is 2.47. The summed E-state index contributed by atoms with van der Waals surface area (Å²) in [6.45, 7) is 4.86. The molecule has 2 N–H and O–H groups in total. The third kappa shape index (κ3) is 4.51. The Morgan fingerprint density at radius 2 is 2.42 bits per heavy atom. The maximum absolute atomic E-state index is 11.9. The Morgan fingerprint density at radius 1 is 1.63 bits per heavy atom. The maximum atomic E-state index is 11.9. The van der Waals surface area contributed by atoms with E-state index in [0.717, 1.165) is 31.7 Å². The maximum Gasteiger partial charge on any atom is 0.269 e. The van der Waals surface area contributed by atoms with Gasteiger partial charge in [0.25, 0.3) is 5.91 Å². The molecule has 2 heterocycles. The summed E-state index contributed by atoms with van der Waals surface area (Å²) >= 11 is 0. The average Bonchev–Trinajstić information content (AvgIpc) is 2.70. The highest BCUT2D eigenvalue weighted by atomic mass is 35.5. The number of aromatic nitrogens is 2. The smallest absolute Gasteiger partial charge is 0.269 e. The summed E-state index contributed by atoms with van der Waals surface area (Å²) in [4.78, 5) is 11.9. The van der Waals surface area contributed by atoms with Crippen LogP contribution in [0, 0.1) is 12.8 Å². The molecule has 0 radical (unpaired) electrons. The molecule has 1 aromatic heterocycles. The Morgan fingerprint density at radius 3 is 3.00 bits per heavy atom. The third-order valence-corrected chi connectivity index (χ3v) is 3.47. The minimum absolute atomic E-state index is 0. The molecule has 2 rings (SSSR count). The van der Waals surface area contributed by atoms with Crippen LogP contribution < -0.4 is 10.6 Å². The zero-order valence-corrected chi connectivity index (χ0v) is 12.4. The molecule has 5 nitrogen and oxygen atoms in total. The molecule has 0 saturated carbocycles. The number of nitrogens with one attached hydrogen (secondary N) is 2. The highest BCUT2D eigenvalue weighted by molar-refractivity contribution is 5.92. The molecule has 1 fully saturated rings. The molecule has 1 aliphatic rings. The van der Waals surface area contributed by atoms with Crippen LogP contribution in [0.1, 0.15) is 35.4 Å². The van der Waals surface area contributed by atoms with Crippen LogP contribution in [0.2, 0.25) is 0 Å². The fraction of sp³-hybridized carbons (Fsp3) is 0.692. The molecular formula is C13H23ClN4O. The van der Waals surface area contributed by atoms with Gasteiger partial charge in [0, 0.05) is 13.6 Å². The van der Waals surface area contributed by atoms with Crippen LogP contribution >= 0.6 is 12.4 Å². The lowest BCUT2D eigenvalue weighted by molar-refractivity contribution is 0.0941. The van der Waals surface area contributed by atoms with E-state index in [-0.39, 0.29) is 18.3 Å². The van der Waals surface area contributed by atoms with Crippen molar-refractivity contribution >= 4 is 18.3 Å². The predicted octanol–water partition coefficient (Wildman–Crippen LogP) is 1.27. The summed E-state index contributed by atoms with van der Waals surface area (Å²) in [6, 6.07) is 1.82. The number of piperidine rings is 1. The summed E-state index contributed by atoms with van der Waals surface area (Å²) in [6.07, 6.45) is 3.57. The zero-order chi connectivity index (χ0) is 13.0. The number of carbonyl (C=O) groups excluding carboxylic acids is 1. The van der Waals surface area contributed by atoms with E-state index < -0.39 is 0 Å². The number of hydrogen-bond acceptors (Lipinski definition) is 3. The summed E-state index contributed by atoms with van der Waals surface area (Å²) in [5, 5.41) is 10.5. The van der Waals surface area contributed by atoms with Gasteiger partial charge < -0.3 is 10.6 Å². The summed E-state index contributed by atoms with van der Waals surface area (Å²) in [7, 11) is 1.80. The summed E-state index contributed by atoms with van der Waals surface area (Å²) < 4.78 is 1.63. The first-order chi connectivity index (χ1) is 8.66. The molecule has 1 atom stereocenters. The van der Waals surface area contributed by atoms with Gasteiger partial charge in [-0.3, -0.25) is 9.48 Å². The van der Waals surface area contributed by atoms with E-state index in [0.29, 0.717) is 11.6 Å². The molecule has 1 unspecified atom stereocenters. The van der Waals surface area contributed by atoms with E-state index in [9.17, 15) is 4.79 Å². The van der Waals surface area contributed by atoms with Crippen molar-refractivity contribution in [2.24, 2.45) is 13.0 Å².